The molecule has 0 bridgehead atoms. The van der Waals surface area contributed by atoms with E-state index in [9.17, 15) is 4.79 Å². The first kappa shape index (κ1) is 22.4. The highest BCUT2D eigenvalue weighted by Crippen LogP contribution is 2.28. The molecule has 160 valence electrons. The van der Waals surface area contributed by atoms with Crippen LogP contribution in [0.15, 0.2) is 59.0 Å². The van der Waals surface area contributed by atoms with Gasteiger partial charge in [-0.1, -0.05) is 42.5 Å². The van der Waals surface area contributed by atoms with E-state index in [1.165, 1.54) is 5.56 Å². The van der Waals surface area contributed by atoms with E-state index in [0.29, 0.717) is 19.1 Å². The molecule has 2 aliphatic rings. The summed E-state index contributed by atoms with van der Waals surface area (Å²) in [7, 11) is 0. The normalized spacial score (nSPS) is 21.2. The Bertz CT molecular complexity index is 940. The van der Waals surface area contributed by atoms with Gasteiger partial charge in [-0.25, -0.2) is 0 Å². The van der Waals surface area contributed by atoms with E-state index in [1.807, 2.05) is 35.2 Å². The van der Waals surface area contributed by atoms with E-state index < -0.39 is 0 Å². The molecule has 8 heteroatoms. The Labute approximate surface area is 188 Å². The summed E-state index contributed by atoms with van der Waals surface area (Å²) >= 11 is 0. The summed E-state index contributed by atoms with van der Waals surface area (Å²) in [5, 5.41) is 3.53. The first-order chi connectivity index (χ1) is 13.8. The second-order valence-electron chi connectivity index (χ2n) is 7.54. The Balaban J connectivity index is 0.00000128. The monoisotopic (exact) mass is 448 g/mol. The summed E-state index contributed by atoms with van der Waals surface area (Å²) in [5.74, 6) is 0.218. The topological polar surface area (TPSA) is 61.6 Å². The van der Waals surface area contributed by atoms with Gasteiger partial charge in [-0.3, -0.25) is 10.1 Å². The van der Waals surface area contributed by atoms with Crippen LogP contribution in [-0.4, -0.2) is 48.0 Å². The molecule has 30 heavy (non-hydrogen) atoms. The van der Waals surface area contributed by atoms with Gasteiger partial charge in [0, 0.05) is 32.2 Å². The molecular formula is C22H26Cl2N4O2. The maximum atomic E-state index is 13.0. The van der Waals surface area contributed by atoms with E-state index >= 15 is 0 Å². The smallest absolute Gasteiger partial charge is 0.298 e. The molecule has 0 spiro atoms. The summed E-state index contributed by atoms with van der Waals surface area (Å²) < 4.78 is 5.87. The number of hydrogen-bond acceptors (Lipinski definition) is 5. The van der Waals surface area contributed by atoms with Crippen molar-refractivity contribution in [2.45, 2.75) is 24.9 Å². The van der Waals surface area contributed by atoms with Gasteiger partial charge in [0.25, 0.3) is 6.01 Å². The lowest BCUT2D eigenvalue weighted by Gasteiger charge is -2.35. The Morgan fingerprint density at radius 1 is 0.933 bits per heavy atom. The zero-order valence-electron chi connectivity index (χ0n) is 16.6. The molecule has 0 saturated carbocycles. The molecule has 1 aromatic heterocycles. The van der Waals surface area contributed by atoms with Gasteiger partial charge < -0.3 is 14.2 Å². The van der Waals surface area contributed by atoms with Crippen molar-refractivity contribution in [2.75, 3.05) is 31.1 Å². The fourth-order valence-corrected chi connectivity index (χ4v) is 4.22. The number of carbonyl (C=O) groups excluding carboxylic acids is 1. The number of piperazine rings is 1. The average Bonchev–Trinajstić information content (AvgIpc) is 3.41. The Morgan fingerprint density at radius 3 is 2.37 bits per heavy atom. The molecule has 2 fully saturated rings. The minimum Gasteiger partial charge on any atom is -0.423 e. The molecule has 1 N–H and O–H groups in total. The van der Waals surface area contributed by atoms with Crippen LogP contribution in [-0.2, 0) is 4.79 Å². The summed E-state index contributed by atoms with van der Waals surface area (Å²) in [6, 6.07) is 19.0. The third-order valence-corrected chi connectivity index (χ3v) is 5.79. The van der Waals surface area contributed by atoms with Crippen molar-refractivity contribution in [3.63, 3.8) is 0 Å². The Hall–Kier alpha value is -2.28. The molecule has 2 aliphatic heterocycles. The Morgan fingerprint density at radius 2 is 1.63 bits per heavy atom. The zero-order valence-corrected chi connectivity index (χ0v) is 18.2. The number of anilines is 1. The van der Waals surface area contributed by atoms with Crippen molar-refractivity contribution in [3.8, 4) is 0 Å². The average molecular weight is 449 g/mol. The number of nitrogens with one attached hydrogen (secondary N) is 1. The number of carbonyl (C=O) groups is 1. The van der Waals surface area contributed by atoms with Crippen LogP contribution in [0.3, 0.4) is 0 Å². The van der Waals surface area contributed by atoms with Gasteiger partial charge in [-0.2, -0.15) is 4.98 Å². The number of para-hydroxylation sites is 2. The third kappa shape index (κ3) is 4.41. The van der Waals surface area contributed by atoms with Crippen LogP contribution in [0.4, 0.5) is 6.01 Å². The number of rotatable bonds is 3. The highest BCUT2D eigenvalue weighted by atomic mass is 35.5. The number of aromatic nitrogens is 1. The van der Waals surface area contributed by atoms with E-state index in [4.69, 9.17) is 4.42 Å². The summed E-state index contributed by atoms with van der Waals surface area (Å²) in [6.07, 6.45) is 1.90. The third-order valence-electron chi connectivity index (χ3n) is 5.79. The molecule has 0 aliphatic carbocycles. The van der Waals surface area contributed by atoms with Crippen LogP contribution in [0.1, 0.15) is 24.4 Å². The quantitative estimate of drug-likeness (QED) is 0.659. The Kier molecular flexibility index (Phi) is 7.23. The van der Waals surface area contributed by atoms with Gasteiger partial charge in [0.15, 0.2) is 5.58 Å². The van der Waals surface area contributed by atoms with Crippen LogP contribution < -0.4 is 10.2 Å². The van der Waals surface area contributed by atoms with Crippen molar-refractivity contribution >= 4 is 47.8 Å². The van der Waals surface area contributed by atoms with Gasteiger partial charge in [0.05, 0.1) is 6.04 Å². The zero-order chi connectivity index (χ0) is 18.9. The van der Waals surface area contributed by atoms with Crippen LogP contribution in [0.25, 0.3) is 11.1 Å². The summed E-state index contributed by atoms with van der Waals surface area (Å²) in [4.78, 5) is 21.6. The molecule has 2 aromatic carbocycles. The fraction of sp³-hybridized carbons (Fsp3) is 0.364. The number of nitrogens with zero attached hydrogens (tertiary/aromatic N) is 3. The lowest BCUT2D eigenvalue weighted by atomic mass is 10.1. The van der Waals surface area contributed by atoms with Crippen LogP contribution >= 0.6 is 24.8 Å². The molecule has 1 amide bonds. The van der Waals surface area contributed by atoms with E-state index in [0.717, 1.165) is 37.0 Å². The van der Waals surface area contributed by atoms with E-state index in [1.54, 1.807) is 0 Å². The summed E-state index contributed by atoms with van der Waals surface area (Å²) in [5.41, 5.74) is 2.94. The van der Waals surface area contributed by atoms with Crippen molar-refractivity contribution in [1.29, 1.82) is 0 Å². The van der Waals surface area contributed by atoms with Crippen LogP contribution in [0.5, 0.6) is 0 Å². The van der Waals surface area contributed by atoms with E-state index in [-0.39, 0.29) is 42.8 Å². The summed E-state index contributed by atoms with van der Waals surface area (Å²) in [6.45, 7) is 2.89. The first-order valence-electron chi connectivity index (χ1n) is 9.98. The molecular weight excluding hydrogens is 423 g/mol. The number of benzene rings is 2. The van der Waals surface area contributed by atoms with Gasteiger partial charge in [-0.15, -0.1) is 24.8 Å². The van der Waals surface area contributed by atoms with Crippen molar-refractivity contribution in [3.05, 3.63) is 60.2 Å². The van der Waals surface area contributed by atoms with Crippen LogP contribution in [0, 0.1) is 0 Å². The molecule has 2 saturated heterocycles. The van der Waals surface area contributed by atoms with Gasteiger partial charge in [0.1, 0.15) is 5.52 Å². The predicted molar refractivity (Wildman–Crippen MR) is 123 cm³/mol. The lowest BCUT2D eigenvalue weighted by molar-refractivity contribution is -0.133. The van der Waals surface area contributed by atoms with Gasteiger partial charge >= 0.3 is 0 Å². The van der Waals surface area contributed by atoms with Gasteiger partial charge in [0.2, 0.25) is 5.91 Å². The van der Waals surface area contributed by atoms with Crippen molar-refractivity contribution < 1.29 is 9.21 Å². The standard InChI is InChI=1S/C22H24N4O2.2ClH/c27-21(19-11-10-17(23-19)16-6-2-1-3-7-16)25-12-14-26(15-13-25)22-24-18-8-4-5-9-20(18)28-22;;/h1-9,17,19,23H,10-15H2;2*1H/t17-,19-;;/m1../s1. The number of halogens is 2. The highest BCUT2D eigenvalue weighted by molar-refractivity contribution is 5.85. The SMILES string of the molecule is Cl.Cl.O=C([C@H]1CC[C@H](c2ccccc2)N1)N1CCN(c2nc3ccccc3o2)CC1. The molecule has 0 unspecified atom stereocenters. The fourth-order valence-electron chi connectivity index (χ4n) is 4.22. The van der Waals surface area contributed by atoms with Crippen LogP contribution in [0.2, 0.25) is 0 Å². The second kappa shape index (κ2) is 9.69. The highest BCUT2D eigenvalue weighted by Gasteiger charge is 2.34. The second-order valence-corrected chi connectivity index (χ2v) is 7.54. The molecule has 0 radical (unpaired) electrons. The molecule has 5 rings (SSSR count). The molecule has 3 aromatic rings. The minimum atomic E-state index is -0.0823. The lowest BCUT2D eigenvalue weighted by Crippen LogP contribution is -2.53. The number of amides is 1. The van der Waals surface area contributed by atoms with Crippen molar-refractivity contribution in [1.82, 2.24) is 15.2 Å². The van der Waals surface area contributed by atoms with Gasteiger partial charge in [-0.05, 0) is 30.5 Å². The number of oxazole rings is 1. The first-order valence-corrected chi connectivity index (χ1v) is 9.98. The maximum Gasteiger partial charge on any atom is 0.298 e. The largest absolute Gasteiger partial charge is 0.423 e. The van der Waals surface area contributed by atoms with E-state index in [2.05, 4.69) is 39.5 Å². The van der Waals surface area contributed by atoms with Crippen molar-refractivity contribution in [2.24, 2.45) is 0 Å². The molecule has 6 nitrogen and oxygen atoms in total. The number of fused-ring (bicyclic) bond motifs is 1. The predicted octanol–water partition coefficient (Wildman–Crippen LogP) is 3.81. The number of hydrogen-bond donors (Lipinski definition) is 1. The molecule has 2 atom stereocenters. The maximum absolute atomic E-state index is 13.0. The minimum absolute atomic E-state index is 0. The molecule has 3 heterocycles.